The summed E-state index contributed by atoms with van der Waals surface area (Å²) in [4.78, 5) is 10.9. The van der Waals surface area contributed by atoms with Crippen molar-refractivity contribution in [3.8, 4) is 6.07 Å². The van der Waals surface area contributed by atoms with Crippen LogP contribution < -0.4 is 11.1 Å². The molecule has 0 heterocycles. The largest absolute Gasteiger partial charge is 0.462 e. The van der Waals surface area contributed by atoms with E-state index in [1.165, 1.54) is 0 Å². The number of carbonyl (C=O) groups excluding carboxylic acids is 1. The minimum atomic E-state index is -0.700. The first-order valence-corrected chi connectivity index (χ1v) is 3.86. The van der Waals surface area contributed by atoms with Gasteiger partial charge in [0, 0.05) is 6.20 Å². The van der Waals surface area contributed by atoms with E-state index in [1.54, 1.807) is 13.0 Å². The van der Waals surface area contributed by atoms with Gasteiger partial charge in [-0.05, 0) is 19.1 Å². The molecule has 0 aromatic rings. The van der Waals surface area contributed by atoms with E-state index in [4.69, 9.17) is 11.0 Å². The average Bonchev–Trinajstić information content (AvgIpc) is 2.05. The second-order valence-electron chi connectivity index (χ2n) is 1.90. The predicted octanol–water partition coefficient (Wildman–Crippen LogP) is -0.210. The van der Waals surface area contributed by atoms with Crippen LogP contribution in [0.1, 0.15) is 6.92 Å². The number of carbonyl (C=O) groups is 1. The number of nitriles is 1. The molecule has 0 aromatic carbocycles. The zero-order valence-electron chi connectivity index (χ0n) is 7.03. The van der Waals surface area contributed by atoms with Crippen LogP contribution in [-0.4, -0.2) is 17.7 Å². The molecule has 3 N–H and O–H groups in total. The van der Waals surface area contributed by atoms with Crippen molar-refractivity contribution in [2.24, 2.45) is 5.73 Å². The van der Waals surface area contributed by atoms with Crippen molar-refractivity contribution in [3.63, 3.8) is 0 Å². The number of thiocarbonyl (C=S) groups is 1. The van der Waals surface area contributed by atoms with Gasteiger partial charge in [-0.1, -0.05) is 0 Å². The first-order chi connectivity index (χ1) is 6.11. The van der Waals surface area contributed by atoms with E-state index in [0.29, 0.717) is 0 Å². The molecule has 0 saturated heterocycles. The van der Waals surface area contributed by atoms with Gasteiger partial charge in [-0.25, -0.2) is 4.79 Å². The molecule has 0 aromatic heterocycles. The Hall–Kier alpha value is -1.61. The summed E-state index contributed by atoms with van der Waals surface area (Å²) in [6.07, 6.45) is 1.11. The molecular weight excluding hydrogens is 190 g/mol. The molecular formula is C7H9N3O2S. The van der Waals surface area contributed by atoms with Gasteiger partial charge in [0.25, 0.3) is 0 Å². The second kappa shape index (κ2) is 5.97. The van der Waals surface area contributed by atoms with Gasteiger partial charge < -0.3 is 15.8 Å². The van der Waals surface area contributed by atoms with Gasteiger partial charge >= 0.3 is 5.97 Å². The monoisotopic (exact) mass is 199 g/mol. The molecule has 0 fully saturated rings. The predicted molar refractivity (Wildman–Crippen MR) is 50.3 cm³/mol. The number of nitrogens with two attached hydrogens (primary N) is 1. The summed E-state index contributed by atoms with van der Waals surface area (Å²) >= 11 is 4.47. The summed E-state index contributed by atoms with van der Waals surface area (Å²) in [7, 11) is 0. The van der Waals surface area contributed by atoms with Gasteiger partial charge in [-0.3, -0.25) is 0 Å². The van der Waals surface area contributed by atoms with Crippen molar-refractivity contribution >= 4 is 23.3 Å². The number of rotatable bonds is 3. The SMILES string of the molecule is CCOC(=O)/C(C#N)=C/NC(N)=S. The molecule has 0 aliphatic rings. The second-order valence-corrected chi connectivity index (χ2v) is 2.34. The summed E-state index contributed by atoms with van der Waals surface area (Å²) in [5, 5.41) is 10.8. The highest BCUT2D eigenvalue weighted by Gasteiger charge is 2.08. The molecule has 0 amide bonds. The number of hydrogen-bond donors (Lipinski definition) is 2. The van der Waals surface area contributed by atoms with Crippen LogP contribution >= 0.6 is 12.2 Å². The van der Waals surface area contributed by atoms with Crippen LogP contribution in [0.15, 0.2) is 11.8 Å². The van der Waals surface area contributed by atoms with E-state index >= 15 is 0 Å². The molecule has 0 aliphatic carbocycles. The van der Waals surface area contributed by atoms with Crippen molar-refractivity contribution in [1.82, 2.24) is 5.32 Å². The molecule has 5 nitrogen and oxygen atoms in total. The lowest BCUT2D eigenvalue weighted by molar-refractivity contribution is -0.138. The topological polar surface area (TPSA) is 88.1 Å². The van der Waals surface area contributed by atoms with Gasteiger partial charge in [-0.2, -0.15) is 5.26 Å². The number of ether oxygens (including phenoxy) is 1. The van der Waals surface area contributed by atoms with Crippen LogP contribution in [0.2, 0.25) is 0 Å². The van der Waals surface area contributed by atoms with Crippen molar-refractivity contribution in [3.05, 3.63) is 11.8 Å². The Kier molecular flexibility index (Phi) is 5.23. The average molecular weight is 199 g/mol. The molecule has 0 unspecified atom stereocenters. The summed E-state index contributed by atoms with van der Waals surface area (Å²) in [5.41, 5.74) is 4.91. The highest BCUT2D eigenvalue weighted by Crippen LogP contribution is 1.94. The van der Waals surface area contributed by atoms with Gasteiger partial charge in [0.1, 0.15) is 6.07 Å². The molecule has 0 bridgehead atoms. The molecule has 13 heavy (non-hydrogen) atoms. The Bertz CT molecular complexity index is 280. The number of hydrogen-bond acceptors (Lipinski definition) is 4. The molecule has 0 rings (SSSR count). The molecule has 0 aliphatic heterocycles. The third kappa shape index (κ3) is 4.76. The maximum Gasteiger partial charge on any atom is 0.350 e. The highest BCUT2D eigenvalue weighted by molar-refractivity contribution is 7.80. The smallest absolute Gasteiger partial charge is 0.350 e. The van der Waals surface area contributed by atoms with Crippen molar-refractivity contribution in [2.45, 2.75) is 6.92 Å². The van der Waals surface area contributed by atoms with Gasteiger partial charge in [-0.15, -0.1) is 0 Å². The van der Waals surface area contributed by atoms with E-state index in [2.05, 4.69) is 22.3 Å². The number of esters is 1. The summed E-state index contributed by atoms with van der Waals surface area (Å²) in [5.74, 6) is -0.700. The normalized spacial score (nSPS) is 10.0. The van der Waals surface area contributed by atoms with E-state index in [1.807, 2.05) is 0 Å². The van der Waals surface area contributed by atoms with Gasteiger partial charge in [0.15, 0.2) is 10.7 Å². The molecule has 70 valence electrons. The standard InChI is InChI=1S/C7H9N3O2S/c1-2-12-6(11)5(3-8)4-10-7(9)13/h4H,2H2,1H3,(H3,9,10,13)/b5-4+. The number of nitrogens with zero attached hydrogens (tertiary/aromatic N) is 1. The van der Waals surface area contributed by atoms with Gasteiger partial charge in [0.05, 0.1) is 6.61 Å². The van der Waals surface area contributed by atoms with Crippen LogP contribution in [0.3, 0.4) is 0 Å². The van der Waals surface area contributed by atoms with E-state index < -0.39 is 5.97 Å². The Morgan fingerprint density at radius 2 is 2.46 bits per heavy atom. The van der Waals surface area contributed by atoms with Crippen molar-refractivity contribution in [2.75, 3.05) is 6.61 Å². The molecule has 0 spiro atoms. The van der Waals surface area contributed by atoms with E-state index in [-0.39, 0.29) is 17.3 Å². The van der Waals surface area contributed by atoms with Crippen molar-refractivity contribution < 1.29 is 9.53 Å². The first-order valence-electron chi connectivity index (χ1n) is 3.45. The minimum absolute atomic E-state index is 0.0166. The number of nitrogens with one attached hydrogen (secondary N) is 1. The fraction of sp³-hybridized carbons (Fsp3) is 0.286. The summed E-state index contributed by atoms with van der Waals surface area (Å²) < 4.78 is 4.57. The van der Waals surface area contributed by atoms with Crippen LogP contribution in [0.25, 0.3) is 0 Å². The third-order valence-corrected chi connectivity index (χ3v) is 1.09. The molecule has 6 heteroatoms. The summed E-state index contributed by atoms with van der Waals surface area (Å²) in [6, 6.07) is 1.65. The molecule has 0 radical (unpaired) electrons. The van der Waals surface area contributed by atoms with Crippen molar-refractivity contribution in [1.29, 1.82) is 5.26 Å². The summed E-state index contributed by atoms with van der Waals surface area (Å²) in [6.45, 7) is 1.86. The zero-order valence-corrected chi connectivity index (χ0v) is 7.85. The third-order valence-electron chi connectivity index (χ3n) is 0.975. The Morgan fingerprint density at radius 3 is 2.85 bits per heavy atom. The Labute approximate surface area is 81.2 Å². The molecule has 0 atom stereocenters. The lowest BCUT2D eigenvalue weighted by Crippen LogP contribution is -2.25. The Balaban J connectivity index is 4.34. The van der Waals surface area contributed by atoms with Crippen LogP contribution in [-0.2, 0) is 9.53 Å². The maximum absolute atomic E-state index is 10.9. The van der Waals surface area contributed by atoms with Gasteiger partial charge in [0.2, 0.25) is 0 Å². The van der Waals surface area contributed by atoms with Crippen LogP contribution in [0.4, 0.5) is 0 Å². The zero-order chi connectivity index (χ0) is 10.3. The quantitative estimate of drug-likeness (QED) is 0.283. The Morgan fingerprint density at radius 1 is 1.85 bits per heavy atom. The fourth-order valence-electron chi connectivity index (χ4n) is 0.489. The maximum atomic E-state index is 10.9. The van der Waals surface area contributed by atoms with Crippen LogP contribution in [0, 0.1) is 11.3 Å². The minimum Gasteiger partial charge on any atom is -0.462 e. The fourth-order valence-corrected chi connectivity index (χ4v) is 0.548. The van der Waals surface area contributed by atoms with Crippen LogP contribution in [0.5, 0.6) is 0 Å². The highest BCUT2D eigenvalue weighted by atomic mass is 32.1. The molecule has 0 saturated carbocycles. The lowest BCUT2D eigenvalue weighted by Gasteiger charge is -1.99. The van der Waals surface area contributed by atoms with E-state index in [9.17, 15) is 4.79 Å². The van der Waals surface area contributed by atoms with E-state index in [0.717, 1.165) is 6.20 Å². The first kappa shape index (κ1) is 11.4. The lowest BCUT2D eigenvalue weighted by atomic mass is 10.3.